The van der Waals surface area contributed by atoms with Crippen LogP contribution in [0.1, 0.15) is 30.0 Å². The number of nitrogens with one attached hydrogen (secondary N) is 2. The molecular weight excluding hydrogens is 396 g/mol. The lowest BCUT2D eigenvalue weighted by molar-refractivity contribution is 0.0971. The first-order valence-corrected chi connectivity index (χ1v) is 10.4. The van der Waals surface area contributed by atoms with Gasteiger partial charge in [-0.05, 0) is 37.3 Å². The number of hydrogen-bond donors (Lipinski definition) is 2. The fraction of sp³-hybridized carbons (Fsp3) is 0.263. The predicted octanol–water partition coefficient (Wildman–Crippen LogP) is 0.415. The molecule has 0 radical (unpaired) electrons. The van der Waals surface area contributed by atoms with Gasteiger partial charge in [-0.25, -0.2) is 13.8 Å². The number of ether oxygens (including phenoxy) is 1. The minimum Gasteiger partial charge on any atom is -0.462 e. The van der Waals surface area contributed by atoms with Crippen molar-refractivity contribution in [2.75, 3.05) is 13.1 Å². The second-order valence-electron chi connectivity index (χ2n) is 6.22. The van der Waals surface area contributed by atoms with E-state index in [1.54, 1.807) is 26.8 Å². The summed E-state index contributed by atoms with van der Waals surface area (Å²) in [6, 6.07) is 7.38. The van der Waals surface area contributed by atoms with Gasteiger partial charge in [0.05, 0.1) is 10.1 Å². The summed E-state index contributed by atoms with van der Waals surface area (Å²) < 4.78 is 37.2. The molecule has 1 amide bonds. The summed E-state index contributed by atoms with van der Waals surface area (Å²) in [4.78, 5) is 12.5. The van der Waals surface area contributed by atoms with Crippen LogP contribution < -0.4 is 21.4 Å². The number of hydrazone groups is 1. The third kappa shape index (κ3) is 4.17. The van der Waals surface area contributed by atoms with Crippen LogP contribution in [-0.2, 0) is 14.8 Å². The Kier molecular flexibility index (Phi) is 5.76. The lowest BCUT2D eigenvalue weighted by Gasteiger charge is -2.18. The largest absolute Gasteiger partial charge is 0.462 e. The summed E-state index contributed by atoms with van der Waals surface area (Å²) in [7, 11) is -3.58. The Morgan fingerprint density at radius 2 is 1.90 bits per heavy atom. The Morgan fingerprint density at radius 1 is 1.24 bits per heavy atom. The molecule has 0 bridgehead atoms. The van der Waals surface area contributed by atoms with E-state index in [1.165, 1.54) is 28.6 Å². The highest BCUT2D eigenvalue weighted by Crippen LogP contribution is 2.16. The molecule has 29 heavy (non-hydrogen) atoms. The van der Waals surface area contributed by atoms with Crippen LogP contribution in [0.15, 0.2) is 44.7 Å². The maximum Gasteiger partial charge on any atom is 0.320 e. The lowest BCUT2D eigenvalue weighted by atomic mass is 10.2. The Balaban J connectivity index is 1.72. The average molecular weight is 418 g/mol. The molecule has 0 fully saturated rings. The number of nitrogens with zero attached hydrogens (tertiary/aromatic N) is 2. The van der Waals surface area contributed by atoms with E-state index < -0.39 is 15.9 Å². The van der Waals surface area contributed by atoms with Gasteiger partial charge in [-0.15, -0.1) is 5.10 Å². The van der Waals surface area contributed by atoms with Gasteiger partial charge in [0.1, 0.15) is 11.2 Å². The van der Waals surface area contributed by atoms with E-state index in [9.17, 15) is 13.2 Å². The smallest absolute Gasteiger partial charge is 0.320 e. The molecule has 1 aromatic carbocycles. The molecule has 9 nitrogen and oxygen atoms in total. The van der Waals surface area contributed by atoms with Crippen LogP contribution in [0.4, 0.5) is 0 Å². The first-order valence-electron chi connectivity index (χ1n) is 8.99. The third-order valence-electron chi connectivity index (χ3n) is 4.31. The molecule has 2 N–H and O–H groups in total. The molecule has 154 valence electrons. The third-order valence-corrected chi connectivity index (χ3v) is 6.38. The maximum absolute atomic E-state index is 12.5. The van der Waals surface area contributed by atoms with Gasteiger partial charge >= 0.3 is 6.02 Å². The number of carbonyl (C=O) groups is 1. The van der Waals surface area contributed by atoms with Gasteiger partial charge in [0, 0.05) is 18.7 Å². The summed E-state index contributed by atoms with van der Waals surface area (Å²) in [5.41, 5.74) is 3.35. The van der Waals surface area contributed by atoms with Crippen molar-refractivity contribution in [3.8, 4) is 0 Å². The van der Waals surface area contributed by atoms with Gasteiger partial charge in [-0.2, -0.15) is 4.31 Å². The van der Waals surface area contributed by atoms with E-state index in [4.69, 9.17) is 9.15 Å². The summed E-state index contributed by atoms with van der Waals surface area (Å²) in [5, 5.41) is 7.03. The monoisotopic (exact) mass is 418 g/mol. The van der Waals surface area contributed by atoms with Crippen LogP contribution >= 0.6 is 0 Å². The molecule has 10 heteroatoms. The number of aryl methyl sites for hydroxylation is 1. The number of sulfonamides is 1. The molecule has 3 rings (SSSR count). The highest BCUT2D eigenvalue weighted by Gasteiger charge is 2.23. The SMILES string of the molecule is C=c1oc(C)cc1=C1NN=C(NC(=O)c2ccc(S(=O)(=O)N(CC)CC)cc2)O1. The highest BCUT2D eigenvalue weighted by molar-refractivity contribution is 7.89. The summed E-state index contributed by atoms with van der Waals surface area (Å²) >= 11 is 0. The standard InChI is InChI=1S/C19H22N4O5S/c1-5-23(6-2)29(25,26)15-9-7-14(8-10-15)17(24)20-19-22-21-18(28-19)16-11-12(3)27-13(16)4/h7-11,21H,4-6H2,1-3H3,(H,20,22,24). The van der Waals surface area contributed by atoms with E-state index in [1.807, 2.05) is 0 Å². The first-order chi connectivity index (χ1) is 13.8. The van der Waals surface area contributed by atoms with Crippen molar-refractivity contribution in [2.45, 2.75) is 25.7 Å². The zero-order valence-corrected chi connectivity index (χ0v) is 17.2. The normalized spacial score (nSPS) is 15.7. The van der Waals surface area contributed by atoms with Crippen LogP contribution in [0.25, 0.3) is 12.5 Å². The van der Waals surface area contributed by atoms with Gasteiger partial charge in [-0.1, -0.05) is 20.4 Å². The molecule has 1 aliphatic rings. The Bertz CT molecular complexity index is 1160. The Labute approximate surface area is 168 Å². The van der Waals surface area contributed by atoms with E-state index in [-0.39, 0.29) is 16.5 Å². The number of amides is 1. The van der Waals surface area contributed by atoms with Crippen molar-refractivity contribution in [2.24, 2.45) is 5.10 Å². The molecule has 0 unspecified atom stereocenters. The van der Waals surface area contributed by atoms with Crippen LogP contribution in [0.5, 0.6) is 0 Å². The summed E-state index contributed by atoms with van der Waals surface area (Å²) in [6.45, 7) is 9.83. The van der Waals surface area contributed by atoms with Crippen LogP contribution in [-0.4, -0.2) is 37.7 Å². The van der Waals surface area contributed by atoms with Crippen LogP contribution in [0.2, 0.25) is 0 Å². The van der Waals surface area contributed by atoms with Gasteiger partial charge in [-0.3, -0.25) is 10.1 Å². The zero-order chi connectivity index (χ0) is 21.2. The number of hydrogen-bond acceptors (Lipinski definition) is 7. The summed E-state index contributed by atoms with van der Waals surface area (Å²) in [6.07, 6.45) is 0. The van der Waals surface area contributed by atoms with E-state index in [2.05, 4.69) is 22.4 Å². The second kappa shape index (κ2) is 8.10. The fourth-order valence-corrected chi connectivity index (χ4v) is 4.29. The predicted molar refractivity (Wildman–Crippen MR) is 107 cm³/mol. The quantitative estimate of drug-likeness (QED) is 0.727. The number of benzene rings is 1. The van der Waals surface area contributed by atoms with Gasteiger partial charge in [0.2, 0.25) is 15.9 Å². The summed E-state index contributed by atoms with van der Waals surface area (Å²) in [5.74, 6) is 0.472. The molecule has 2 aromatic rings. The number of rotatable bonds is 5. The number of amidine groups is 1. The highest BCUT2D eigenvalue weighted by atomic mass is 32.2. The number of carbonyl (C=O) groups excluding carboxylic acids is 1. The van der Waals surface area contributed by atoms with Gasteiger partial charge < -0.3 is 9.15 Å². The van der Waals surface area contributed by atoms with Gasteiger partial charge in [0.15, 0.2) is 0 Å². The van der Waals surface area contributed by atoms with Crippen LogP contribution in [0.3, 0.4) is 0 Å². The van der Waals surface area contributed by atoms with E-state index in [0.717, 1.165) is 0 Å². The average Bonchev–Trinajstić information content (AvgIpc) is 3.28. The van der Waals surface area contributed by atoms with Crippen molar-refractivity contribution in [3.63, 3.8) is 0 Å². The van der Waals surface area contributed by atoms with Gasteiger partial charge in [0.25, 0.3) is 5.91 Å². The van der Waals surface area contributed by atoms with Crippen molar-refractivity contribution >= 4 is 34.4 Å². The zero-order valence-electron chi connectivity index (χ0n) is 16.4. The second-order valence-corrected chi connectivity index (χ2v) is 8.16. The Hall–Kier alpha value is -3.11. The number of furan rings is 1. The Morgan fingerprint density at radius 3 is 2.45 bits per heavy atom. The van der Waals surface area contributed by atoms with E-state index in [0.29, 0.717) is 35.4 Å². The minimum absolute atomic E-state index is 0.0388. The molecule has 2 heterocycles. The van der Waals surface area contributed by atoms with Crippen molar-refractivity contribution < 1.29 is 22.4 Å². The molecule has 0 saturated heterocycles. The minimum atomic E-state index is -3.58. The molecule has 1 aromatic heterocycles. The molecule has 0 saturated carbocycles. The molecule has 0 aliphatic carbocycles. The molecule has 0 spiro atoms. The lowest BCUT2D eigenvalue weighted by Crippen LogP contribution is -2.32. The fourth-order valence-electron chi connectivity index (χ4n) is 2.83. The topological polar surface area (TPSA) is 113 Å². The molecule has 0 atom stereocenters. The van der Waals surface area contributed by atoms with Crippen LogP contribution in [0, 0.1) is 6.92 Å². The van der Waals surface area contributed by atoms with E-state index >= 15 is 0 Å². The first kappa shape index (κ1) is 20.6. The van der Waals surface area contributed by atoms with Crippen molar-refractivity contribution in [3.05, 3.63) is 52.3 Å². The molecular formula is C19H22N4O5S. The maximum atomic E-state index is 12.5. The van der Waals surface area contributed by atoms with Crippen molar-refractivity contribution in [1.82, 2.24) is 15.0 Å². The molecule has 1 aliphatic heterocycles. The van der Waals surface area contributed by atoms with Crippen molar-refractivity contribution in [1.29, 1.82) is 0 Å².